The molecule has 0 bridgehead atoms. The fourth-order valence-electron chi connectivity index (χ4n) is 2.17. The molecule has 0 aliphatic carbocycles. The van der Waals surface area contributed by atoms with Crippen molar-refractivity contribution in [3.05, 3.63) is 36.4 Å². The molecule has 0 saturated carbocycles. The number of benzene rings is 1. The van der Waals surface area contributed by atoms with Crippen molar-refractivity contribution in [3.8, 4) is 11.5 Å². The van der Waals surface area contributed by atoms with Crippen molar-refractivity contribution >= 4 is 18.2 Å². The van der Waals surface area contributed by atoms with Crippen LogP contribution in [0.4, 0.5) is 4.79 Å². The van der Waals surface area contributed by atoms with Gasteiger partial charge < -0.3 is 14.8 Å². The second kappa shape index (κ2) is 7.16. The number of amides is 3. The van der Waals surface area contributed by atoms with Crippen molar-refractivity contribution in [1.29, 1.82) is 0 Å². The topological polar surface area (TPSA) is 80.2 Å². The van der Waals surface area contributed by atoms with E-state index in [9.17, 15) is 9.59 Å². The summed E-state index contributed by atoms with van der Waals surface area (Å²) in [6.45, 7) is 7.47. The summed E-state index contributed by atoms with van der Waals surface area (Å²) in [5, 5.41) is 7.49. The van der Waals surface area contributed by atoms with Crippen LogP contribution in [0, 0.1) is 0 Å². The first-order valence-electron chi connectivity index (χ1n) is 7.57. The van der Waals surface area contributed by atoms with Crippen LogP contribution in [0.5, 0.6) is 11.5 Å². The Morgan fingerprint density at radius 3 is 2.71 bits per heavy atom. The van der Waals surface area contributed by atoms with Crippen LogP contribution in [0.3, 0.4) is 0 Å². The van der Waals surface area contributed by atoms with E-state index in [1.54, 1.807) is 31.2 Å². The van der Waals surface area contributed by atoms with Crippen LogP contribution in [-0.4, -0.2) is 42.4 Å². The standard InChI is InChI=1S/C17H21N3O4/c1-5-9-24-13-8-7-12(10-14(13)23-4)11-18-20-15(21)17(3,6-2)19-16(20)22/h5,7-8,10-11H,1,6,9H2,2-4H3,(H,19,22)/b18-11-/t17-/m1/s1. The number of imide groups is 1. The van der Waals surface area contributed by atoms with E-state index in [0.717, 1.165) is 5.01 Å². The van der Waals surface area contributed by atoms with Crippen molar-refractivity contribution in [2.24, 2.45) is 5.10 Å². The molecule has 1 saturated heterocycles. The fourth-order valence-corrected chi connectivity index (χ4v) is 2.17. The third-order valence-corrected chi connectivity index (χ3v) is 3.81. The second-order valence-electron chi connectivity index (χ2n) is 5.49. The summed E-state index contributed by atoms with van der Waals surface area (Å²) in [6.07, 6.45) is 3.56. The highest BCUT2D eigenvalue weighted by Gasteiger charge is 2.46. The molecular weight excluding hydrogens is 310 g/mol. The quantitative estimate of drug-likeness (QED) is 0.472. The maximum absolute atomic E-state index is 12.3. The number of nitrogens with one attached hydrogen (secondary N) is 1. The van der Waals surface area contributed by atoms with Crippen molar-refractivity contribution < 1.29 is 19.1 Å². The van der Waals surface area contributed by atoms with Crippen LogP contribution in [-0.2, 0) is 4.79 Å². The lowest BCUT2D eigenvalue weighted by Gasteiger charge is -2.17. The van der Waals surface area contributed by atoms with E-state index in [1.165, 1.54) is 13.3 Å². The second-order valence-corrected chi connectivity index (χ2v) is 5.49. The van der Waals surface area contributed by atoms with Crippen molar-refractivity contribution in [2.75, 3.05) is 13.7 Å². The fraction of sp³-hybridized carbons (Fsp3) is 0.353. The lowest BCUT2D eigenvalue weighted by Crippen LogP contribution is -2.42. The number of hydrogen-bond acceptors (Lipinski definition) is 5. The van der Waals surface area contributed by atoms with Crippen LogP contribution in [0.2, 0.25) is 0 Å². The van der Waals surface area contributed by atoms with Gasteiger partial charge in [-0.05, 0) is 37.1 Å². The summed E-state index contributed by atoms with van der Waals surface area (Å²) in [4.78, 5) is 24.2. The predicted octanol–water partition coefficient (Wildman–Crippen LogP) is 2.31. The molecule has 1 aromatic rings. The maximum atomic E-state index is 12.3. The highest BCUT2D eigenvalue weighted by Crippen LogP contribution is 2.28. The van der Waals surface area contributed by atoms with E-state index in [1.807, 2.05) is 6.92 Å². The van der Waals surface area contributed by atoms with E-state index in [4.69, 9.17) is 9.47 Å². The number of methoxy groups -OCH3 is 1. The van der Waals surface area contributed by atoms with E-state index < -0.39 is 11.6 Å². The van der Waals surface area contributed by atoms with Crippen LogP contribution >= 0.6 is 0 Å². The molecule has 1 aliphatic rings. The first kappa shape index (κ1) is 17.5. The lowest BCUT2D eigenvalue weighted by molar-refractivity contribution is -0.130. The number of carbonyl (C=O) groups is 2. The first-order valence-corrected chi connectivity index (χ1v) is 7.57. The van der Waals surface area contributed by atoms with Gasteiger partial charge in [-0.15, -0.1) is 5.01 Å². The molecule has 0 radical (unpaired) electrons. The average Bonchev–Trinajstić information content (AvgIpc) is 2.81. The molecule has 0 aromatic heterocycles. The Bertz CT molecular complexity index is 686. The van der Waals surface area contributed by atoms with Crippen LogP contribution < -0.4 is 14.8 Å². The smallest absolute Gasteiger partial charge is 0.346 e. The summed E-state index contributed by atoms with van der Waals surface area (Å²) in [7, 11) is 1.53. The van der Waals surface area contributed by atoms with Gasteiger partial charge in [-0.25, -0.2) is 4.79 Å². The van der Waals surface area contributed by atoms with Crippen LogP contribution in [0.25, 0.3) is 0 Å². The minimum absolute atomic E-state index is 0.363. The van der Waals surface area contributed by atoms with Gasteiger partial charge in [0.15, 0.2) is 11.5 Å². The Hall–Kier alpha value is -2.83. The van der Waals surface area contributed by atoms with E-state index in [-0.39, 0.29) is 5.91 Å². The van der Waals surface area contributed by atoms with E-state index >= 15 is 0 Å². The monoisotopic (exact) mass is 331 g/mol. The normalized spacial score (nSPS) is 20.4. The minimum Gasteiger partial charge on any atom is -0.493 e. The summed E-state index contributed by atoms with van der Waals surface area (Å²) in [6, 6.07) is 4.66. The number of rotatable bonds is 7. The van der Waals surface area contributed by atoms with Crippen molar-refractivity contribution in [2.45, 2.75) is 25.8 Å². The first-order chi connectivity index (χ1) is 11.4. The zero-order chi connectivity index (χ0) is 17.7. The molecule has 1 aromatic carbocycles. The number of urea groups is 1. The Labute approximate surface area is 140 Å². The SMILES string of the molecule is C=CCOc1ccc(/C=N\N2C(=O)N[C@](C)(CC)C2=O)cc1OC. The molecule has 1 atom stereocenters. The van der Waals surface area contributed by atoms with Crippen molar-refractivity contribution in [3.63, 3.8) is 0 Å². The van der Waals surface area contributed by atoms with E-state index in [0.29, 0.717) is 30.1 Å². The molecule has 1 N–H and O–H groups in total. The molecule has 7 heteroatoms. The predicted molar refractivity (Wildman–Crippen MR) is 90.4 cm³/mol. The number of ether oxygens (including phenoxy) is 2. The number of nitrogens with zero attached hydrogens (tertiary/aromatic N) is 2. The Kier molecular flexibility index (Phi) is 5.23. The van der Waals surface area contributed by atoms with Gasteiger partial charge in [0.1, 0.15) is 12.1 Å². The summed E-state index contributed by atoms with van der Waals surface area (Å²) in [5.74, 6) is 0.726. The van der Waals surface area contributed by atoms with Crippen LogP contribution in [0.15, 0.2) is 36.0 Å². The maximum Gasteiger partial charge on any atom is 0.346 e. The Morgan fingerprint density at radius 1 is 1.38 bits per heavy atom. The summed E-state index contributed by atoms with van der Waals surface area (Å²) < 4.78 is 10.7. The number of hydrogen-bond donors (Lipinski definition) is 1. The molecule has 1 fully saturated rings. The largest absolute Gasteiger partial charge is 0.493 e. The van der Waals surface area contributed by atoms with Gasteiger partial charge in [0.25, 0.3) is 5.91 Å². The molecule has 1 aliphatic heterocycles. The van der Waals surface area contributed by atoms with Gasteiger partial charge in [0, 0.05) is 0 Å². The molecule has 24 heavy (non-hydrogen) atoms. The molecule has 2 rings (SSSR count). The minimum atomic E-state index is -0.908. The van der Waals surface area contributed by atoms with Gasteiger partial charge in [-0.1, -0.05) is 19.6 Å². The number of hydrazone groups is 1. The lowest BCUT2D eigenvalue weighted by atomic mass is 10.00. The zero-order valence-electron chi connectivity index (χ0n) is 14.0. The van der Waals surface area contributed by atoms with Gasteiger partial charge in [-0.3, -0.25) is 4.79 Å². The van der Waals surface area contributed by atoms with Gasteiger partial charge >= 0.3 is 6.03 Å². The number of carbonyl (C=O) groups excluding carboxylic acids is 2. The highest BCUT2D eigenvalue weighted by atomic mass is 16.5. The van der Waals surface area contributed by atoms with Crippen molar-refractivity contribution in [1.82, 2.24) is 10.3 Å². The average molecular weight is 331 g/mol. The summed E-state index contributed by atoms with van der Waals surface area (Å²) in [5.41, 5.74) is -0.238. The third-order valence-electron chi connectivity index (χ3n) is 3.81. The van der Waals surface area contributed by atoms with Crippen LogP contribution in [0.1, 0.15) is 25.8 Å². The van der Waals surface area contributed by atoms with Gasteiger partial charge in [0.2, 0.25) is 0 Å². The van der Waals surface area contributed by atoms with E-state index in [2.05, 4.69) is 17.0 Å². The third kappa shape index (κ3) is 3.40. The molecule has 1 heterocycles. The van der Waals surface area contributed by atoms with Gasteiger partial charge in [0.05, 0.1) is 13.3 Å². The molecular formula is C17H21N3O4. The highest BCUT2D eigenvalue weighted by molar-refractivity contribution is 6.07. The Morgan fingerprint density at radius 2 is 2.12 bits per heavy atom. The zero-order valence-corrected chi connectivity index (χ0v) is 14.0. The summed E-state index contributed by atoms with van der Waals surface area (Å²) >= 11 is 0. The Balaban J connectivity index is 2.19. The molecule has 7 nitrogen and oxygen atoms in total. The molecule has 3 amide bonds. The molecule has 128 valence electrons. The van der Waals surface area contributed by atoms with Gasteiger partial charge in [-0.2, -0.15) is 5.10 Å². The molecule has 0 spiro atoms. The molecule has 0 unspecified atom stereocenters.